The predicted octanol–water partition coefficient (Wildman–Crippen LogP) is 2.25. The summed E-state index contributed by atoms with van der Waals surface area (Å²) < 4.78 is 5.76. The summed E-state index contributed by atoms with van der Waals surface area (Å²) in [6, 6.07) is 9.71. The van der Waals surface area contributed by atoms with Crippen molar-refractivity contribution in [3.8, 4) is 0 Å². The molecule has 4 nitrogen and oxygen atoms in total. The zero-order chi connectivity index (χ0) is 12.8. The zero-order valence-electron chi connectivity index (χ0n) is 10.4. The van der Waals surface area contributed by atoms with Crippen LogP contribution in [0.1, 0.15) is 30.2 Å². The quantitative estimate of drug-likeness (QED) is 0.875. The van der Waals surface area contributed by atoms with E-state index < -0.39 is 0 Å². The molecule has 0 bridgehead atoms. The van der Waals surface area contributed by atoms with Gasteiger partial charge in [-0.15, -0.1) is 0 Å². The molecule has 18 heavy (non-hydrogen) atoms. The average Bonchev–Trinajstić information content (AvgIpc) is 2.46. The average molecular weight is 243 g/mol. The first-order valence-corrected chi connectivity index (χ1v) is 6.00. The Balaban J connectivity index is 2.26. The summed E-state index contributed by atoms with van der Waals surface area (Å²) in [7, 11) is 0. The molecule has 94 valence electrons. The molecular weight excluding hydrogens is 226 g/mol. The molecule has 1 heterocycles. The molecule has 2 aromatic rings. The van der Waals surface area contributed by atoms with E-state index in [-0.39, 0.29) is 12.1 Å². The van der Waals surface area contributed by atoms with Gasteiger partial charge in [0.05, 0.1) is 6.04 Å². The van der Waals surface area contributed by atoms with Crippen LogP contribution in [0.25, 0.3) is 0 Å². The minimum atomic E-state index is -0.270. The van der Waals surface area contributed by atoms with E-state index in [9.17, 15) is 0 Å². The van der Waals surface area contributed by atoms with Crippen LogP contribution < -0.4 is 5.73 Å². The third-order valence-corrected chi connectivity index (χ3v) is 2.77. The van der Waals surface area contributed by atoms with E-state index in [1.165, 1.54) is 6.33 Å². The largest absolute Gasteiger partial charge is 0.372 e. The number of ether oxygens (including phenoxy) is 1. The van der Waals surface area contributed by atoms with Crippen LogP contribution in [0.4, 0.5) is 0 Å². The van der Waals surface area contributed by atoms with E-state index in [1.807, 2.05) is 37.3 Å². The molecule has 2 rings (SSSR count). The summed E-state index contributed by atoms with van der Waals surface area (Å²) in [4.78, 5) is 7.99. The molecule has 0 amide bonds. The summed E-state index contributed by atoms with van der Waals surface area (Å²) in [5.74, 6) is 0. The fourth-order valence-electron chi connectivity index (χ4n) is 1.89. The van der Waals surface area contributed by atoms with E-state index in [0.29, 0.717) is 6.61 Å². The molecule has 2 atom stereocenters. The SMILES string of the molecule is CCOC(c1ccccc1)C(N)c1cncnc1. The maximum atomic E-state index is 6.25. The zero-order valence-corrected chi connectivity index (χ0v) is 10.4. The monoisotopic (exact) mass is 243 g/mol. The van der Waals surface area contributed by atoms with Crippen molar-refractivity contribution in [2.24, 2.45) is 5.73 Å². The molecule has 2 unspecified atom stereocenters. The van der Waals surface area contributed by atoms with Gasteiger partial charge >= 0.3 is 0 Å². The lowest BCUT2D eigenvalue weighted by Gasteiger charge is -2.24. The summed E-state index contributed by atoms with van der Waals surface area (Å²) in [5.41, 5.74) is 8.19. The Kier molecular flexibility index (Phi) is 4.39. The van der Waals surface area contributed by atoms with Gasteiger partial charge < -0.3 is 10.5 Å². The van der Waals surface area contributed by atoms with Crippen molar-refractivity contribution in [2.75, 3.05) is 6.61 Å². The van der Waals surface area contributed by atoms with Crippen molar-refractivity contribution in [2.45, 2.75) is 19.1 Å². The van der Waals surface area contributed by atoms with Gasteiger partial charge in [-0.25, -0.2) is 9.97 Å². The van der Waals surface area contributed by atoms with Crippen LogP contribution in [0.2, 0.25) is 0 Å². The van der Waals surface area contributed by atoms with Crippen molar-refractivity contribution in [1.29, 1.82) is 0 Å². The van der Waals surface area contributed by atoms with Gasteiger partial charge in [-0.05, 0) is 12.5 Å². The summed E-state index contributed by atoms with van der Waals surface area (Å²) >= 11 is 0. The molecule has 1 aromatic heterocycles. The Morgan fingerprint density at radius 1 is 1.11 bits per heavy atom. The van der Waals surface area contributed by atoms with Gasteiger partial charge in [-0.3, -0.25) is 0 Å². The van der Waals surface area contributed by atoms with Crippen LogP contribution in [0, 0.1) is 0 Å². The number of hydrogen-bond donors (Lipinski definition) is 1. The molecule has 0 aliphatic carbocycles. The van der Waals surface area contributed by atoms with Crippen LogP contribution in [0.5, 0.6) is 0 Å². The number of nitrogens with zero attached hydrogens (tertiary/aromatic N) is 2. The second-order valence-electron chi connectivity index (χ2n) is 3.98. The maximum absolute atomic E-state index is 6.25. The van der Waals surface area contributed by atoms with Gasteiger partial charge in [0.15, 0.2) is 0 Å². The standard InChI is InChI=1S/C14H17N3O/c1-2-18-14(11-6-4-3-5-7-11)13(15)12-8-16-10-17-9-12/h3-10,13-14H,2,15H2,1H3. The number of aromatic nitrogens is 2. The molecule has 0 saturated heterocycles. The molecular formula is C14H17N3O. The van der Waals surface area contributed by atoms with E-state index >= 15 is 0 Å². The molecule has 0 spiro atoms. The molecule has 4 heteroatoms. The lowest BCUT2D eigenvalue weighted by Crippen LogP contribution is -2.22. The normalized spacial score (nSPS) is 14.1. The highest BCUT2D eigenvalue weighted by Gasteiger charge is 2.21. The van der Waals surface area contributed by atoms with Gasteiger partial charge in [-0.1, -0.05) is 30.3 Å². The number of nitrogens with two attached hydrogens (primary N) is 1. The second kappa shape index (κ2) is 6.23. The smallest absolute Gasteiger partial charge is 0.115 e. The van der Waals surface area contributed by atoms with Crippen molar-refractivity contribution >= 4 is 0 Å². The Hall–Kier alpha value is -1.78. The minimum absolute atomic E-state index is 0.179. The molecule has 0 radical (unpaired) electrons. The Labute approximate surface area is 107 Å². The Morgan fingerprint density at radius 3 is 2.39 bits per heavy atom. The number of hydrogen-bond acceptors (Lipinski definition) is 4. The molecule has 2 N–H and O–H groups in total. The fourth-order valence-corrected chi connectivity index (χ4v) is 1.89. The minimum Gasteiger partial charge on any atom is -0.372 e. The van der Waals surface area contributed by atoms with Crippen LogP contribution in [0.3, 0.4) is 0 Å². The van der Waals surface area contributed by atoms with Gasteiger partial charge in [0.1, 0.15) is 12.4 Å². The Morgan fingerprint density at radius 2 is 1.78 bits per heavy atom. The van der Waals surface area contributed by atoms with Gasteiger partial charge in [0, 0.05) is 24.6 Å². The van der Waals surface area contributed by atoms with Gasteiger partial charge in [0.25, 0.3) is 0 Å². The highest BCUT2D eigenvalue weighted by molar-refractivity contribution is 5.23. The lowest BCUT2D eigenvalue weighted by atomic mass is 9.98. The first-order chi connectivity index (χ1) is 8.83. The molecule has 0 aliphatic rings. The van der Waals surface area contributed by atoms with Crippen molar-refractivity contribution in [3.05, 3.63) is 60.2 Å². The maximum Gasteiger partial charge on any atom is 0.115 e. The molecule has 0 aliphatic heterocycles. The third kappa shape index (κ3) is 2.91. The highest BCUT2D eigenvalue weighted by Crippen LogP contribution is 2.29. The molecule has 0 fully saturated rings. The second-order valence-corrected chi connectivity index (χ2v) is 3.98. The summed E-state index contributed by atoms with van der Waals surface area (Å²) in [6.45, 7) is 2.57. The third-order valence-electron chi connectivity index (χ3n) is 2.77. The summed E-state index contributed by atoms with van der Waals surface area (Å²) in [5, 5.41) is 0. The van der Waals surface area contributed by atoms with Gasteiger partial charge in [0.2, 0.25) is 0 Å². The van der Waals surface area contributed by atoms with Gasteiger partial charge in [-0.2, -0.15) is 0 Å². The van der Waals surface area contributed by atoms with E-state index in [4.69, 9.17) is 10.5 Å². The molecule has 0 saturated carbocycles. The van der Waals surface area contributed by atoms with E-state index in [2.05, 4.69) is 9.97 Å². The van der Waals surface area contributed by atoms with Crippen LogP contribution in [-0.2, 0) is 4.74 Å². The van der Waals surface area contributed by atoms with Crippen molar-refractivity contribution in [1.82, 2.24) is 9.97 Å². The first-order valence-electron chi connectivity index (χ1n) is 6.00. The van der Waals surface area contributed by atoms with Crippen LogP contribution in [0.15, 0.2) is 49.1 Å². The summed E-state index contributed by atoms with van der Waals surface area (Å²) in [6.07, 6.45) is 4.77. The predicted molar refractivity (Wildman–Crippen MR) is 69.8 cm³/mol. The first kappa shape index (κ1) is 12.7. The number of benzene rings is 1. The van der Waals surface area contributed by atoms with E-state index in [0.717, 1.165) is 11.1 Å². The molecule has 1 aromatic carbocycles. The highest BCUT2D eigenvalue weighted by atomic mass is 16.5. The topological polar surface area (TPSA) is 61.0 Å². The van der Waals surface area contributed by atoms with Crippen molar-refractivity contribution in [3.63, 3.8) is 0 Å². The number of rotatable bonds is 5. The van der Waals surface area contributed by atoms with Crippen LogP contribution >= 0.6 is 0 Å². The fraction of sp³-hybridized carbons (Fsp3) is 0.286. The lowest BCUT2D eigenvalue weighted by molar-refractivity contribution is 0.0428. The van der Waals surface area contributed by atoms with Crippen LogP contribution in [-0.4, -0.2) is 16.6 Å². The van der Waals surface area contributed by atoms with E-state index in [1.54, 1.807) is 12.4 Å². The van der Waals surface area contributed by atoms with Crippen molar-refractivity contribution < 1.29 is 4.74 Å². The Bertz CT molecular complexity index is 461.